The van der Waals surface area contributed by atoms with Gasteiger partial charge in [-0.05, 0) is 12.5 Å². The Balaban J connectivity index is 2.78. The van der Waals surface area contributed by atoms with Crippen LogP contribution in [0.15, 0.2) is 24.3 Å². The highest BCUT2D eigenvalue weighted by atomic mass is 19.1. The van der Waals surface area contributed by atoms with E-state index in [0.29, 0.717) is 12.0 Å². The number of benzene rings is 1. The summed E-state index contributed by atoms with van der Waals surface area (Å²) in [6, 6.07) is 5.93. The number of hydrogen-bond donors (Lipinski definition) is 3. The Morgan fingerprint density at radius 2 is 1.88 bits per heavy atom. The van der Waals surface area contributed by atoms with Crippen LogP contribution < -0.4 is 5.32 Å². The first kappa shape index (κ1) is 13.1. The van der Waals surface area contributed by atoms with E-state index < -0.39 is 6.04 Å². The van der Waals surface area contributed by atoms with Gasteiger partial charge in [0.2, 0.25) is 0 Å². The minimum Gasteiger partial charge on any atom is -0.395 e. The van der Waals surface area contributed by atoms with Crippen molar-refractivity contribution in [2.24, 2.45) is 0 Å². The fraction of sp³-hybridized carbons (Fsp3) is 0.500. The van der Waals surface area contributed by atoms with E-state index in [1.54, 1.807) is 18.2 Å². The van der Waals surface area contributed by atoms with Crippen LogP contribution in [0.2, 0.25) is 0 Å². The first-order chi connectivity index (χ1) is 7.72. The molecule has 1 aromatic rings. The average molecular weight is 227 g/mol. The molecule has 0 bridgehead atoms. The molecule has 1 aromatic carbocycles. The maximum atomic E-state index is 13.5. The van der Waals surface area contributed by atoms with Crippen LogP contribution in [0.5, 0.6) is 0 Å². The van der Waals surface area contributed by atoms with Crippen molar-refractivity contribution in [3.8, 4) is 0 Å². The monoisotopic (exact) mass is 227 g/mol. The summed E-state index contributed by atoms with van der Waals surface area (Å²) in [5.41, 5.74) is 0.567. The predicted molar refractivity (Wildman–Crippen MR) is 60.5 cm³/mol. The van der Waals surface area contributed by atoms with Crippen molar-refractivity contribution in [2.75, 3.05) is 13.2 Å². The topological polar surface area (TPSA) is 52.5 Å². The van der Waals surface area contributed by atoms with E-state index in [4.69, 9.17) is 10.2 Å². The highest BCUT2D eigenvalue weighted by molar-refractivity contribution is 5.21. The fourth-order valence-electron chi connectivity index (χ4n) is 1.63. The van der Waals surface area contributed by atoms with E-state index in [1.807, 2.05) is 6.92 Å². The quantitative estimate of drug-likeness (QED) is 0.685. The second kappa shape index (κ2) is 6.58. The van der Waals surface area contributed by atoms with Crippen LogP contribution >= 0.6 is 0 Å². The third kappa shape index (κ3) is 3.27. The molecule has 0 aliphatic carbocycles. The Labute approximate surface area is 94.9 Å². The van der Waals surface area contributed by atoms with Crippen LogP contribution in [-0.4, -0.2) is 29.5 Å². The number of aliphatic hydroxyl groups excluding tert-OH is 2. The molecule has 3 N–H and O–H groups in total. The van der Waals surface area contributed by atoms with Crippen LogP contribution in [0.1, 0.15) is 24.9 Å². The summed E-state index contributed by atoms with van der Waals surface area (Å²) in [6.45, 7) is 1.60. The maximum absolute atomic E-state index is 13.5. The molecular weight excluding hydrogens is 209 g/mol. The summed E-state index contributed by atoms with van der Waals surface area (Å²) in [5.74, 6) is -0.267. The molecule has 3 nitrogen and oxygen atoms in total. The van der Waals surface area contributed by atoms with Crippen LogP contribution in [0.25, 0.3) is 0 Å². The van der Waals surface area contributed by atoms with Crippen LogP contribution in [0, 0.1) is 5.82 Å². The smallest absolute Gasteiger partial charge is 0.127 e. The van der Waals surface area contributed by atoms with Crippen molar-refractivity contribution in [2.45, 2.75) is 25.4 Å². The number of rotatable bonds is 6. The highest BCUT2D eigenvalue weighted by Crippen LogP contribution is 2.20. The number of halogens is 1. The van der Waals surface area contributed by atoms with Crippen molar-refractivity contribution in [3.63, 3.8) is 0 Å². The average Bonchev–Trinajstić information content (AvgIpc) is 2.32. The molecule has 16 heavy (non-hydrogen) atoms. The van der Waals surface area contributed by atoms with Gasteiger partial charge in [-0.1, -0.05) is 25.1 Å². The van der Waals surface area contributed by atoms with Crippen molar-refractivity contribution >= 4 is 0 Å². The molecular formula is C12H18FNO2. The Morgan fingerprint density at radius 3 is 2.38 bits per heavy atom. The molecule has 0 aromatic heterocycles. The van der Waals surface area contributed by atoms with E-state index in [-0.39, 0.29) is 25.1 Å². The molecule has 0 spiro atoms. The zero-order valence-corrected chi connectivity index (χ0v) is 9.36. The molecule has 0 radical (unpaired) electrons. The summed E-state index contributed by atoms with van der Waals surface area (Å²) in [5, 5.41) is 21.0. The molecule has 0 fully saturated rings. The lowest BCUT2D eigenvalue weighted by Gasteiger charge is -2.23. The van der Waals surface area contributed by atoms with Crippen molar-refractivity contribution in [3.05, 3.63) is 35.6 Å². The summed E-state index contributed by atoms with van der Waals surface area (Å²) in [6.07, 6.45) is 0.692. The molecule has 1 unspecified atom stereocenters. The molecule has 0 aliphatic rings. The standard InChI is InChI=1S/C12H18FNO2/c1-2-12(14-9(7-15)8-16)10-5-3-4-6-11(10)13/h3-6,9,12,14-16H,2,7-8H2,1H3. The van der Waals surface area contributed by atoms with Gasteiger partial charge in [-0.2, -0.15) is 0 Å². The van der Waals surface area contributed by atoms with Crippen molar-refractivity contribution < 1.29 is 14.6 Å². The molecule has 0 saturated heterocycles. The van der Waals surface area contributed by atoms with Gasteiger partial charge in [0.05, 0.1) is 19.3 Å². The first-order valence-corrected chi connectivity index (χ1v) is 5.45. The molecule has 90 valence electrons. The molecule has 0 saturated carbocycles. The molecule has 0 aliphatic heterocycles. The van der Waals surface area contributed by atoms with Crippen molar-refractivity contribution in [1.29, 1.82) is 0 Å². The molecule has 1 atom stereocenters. The van der Waals surface area contributed by atoms with Gasteiger partial charge in [0.15, 0.2) is 0 Å². The number of aliphatic hydroxyl groups is 2. The molecule has 0 heterocycles. The van der Waals surface area contributed by atoms with Gasteiger partial charge < -0.3 is 15.5 Å². The zero-order valence-electron chi connectivity index (χ0n) is 9.36. The minimum absolute atomic E-state index is 0.165. The predicted octanol–water partition coefficient (Wildman–Crippen LogP) is 1.22. The minimum atomic E-state index is -0.412. The second-order valence-corrected chi connectivity index (χ2v) is 3.71. The summed E-state index contributed by atoms with van der Waals surface area (Å²) in [7, 11) is 0. The SMILES string of the molecule is CCC(NC(CO)CO)c1ccccc1F. The van der Waals surface area contributed by atoms with Gasteiger partial charge in [-0.15, -0.1) is 0 Å². The van der Waals surface area contributed by atoms with Gasteiger partial charge >= 0.3 is 0 Å². The third-order valence-electron chi connectivity index (χ3n) is 2.57. The largest absolute Gasteiger partial charge is 0.395 e. The fourth-order valence-corrected chi connectivity index (χ4v) is 1.63. The summed E-state index contributed by atoms with van der Waals surface area (Å²) in [4.78, 5) is 0. The highest BCUT2D eigenvalue weighted by Gasteiger charge is 2.16. The lowest BCUT2D eigenvalue weighted by atomic mass is 10.0. The van der Waals surface area contributed by atoms with E-state index >= 15 is 0 Å². The number of nitrogens with one attached hydrogen (secondary N) is 1. The normalized spacial score (nSPS) is 13.1. The maximum Gasteiger partial charge on any atom is 0.127 e. The zero-order chi connectivity index (χ0) is 12.0. The molecule has 4 heteroatoms. The summed E-state index contributed by atoms with van der Waals surface area (Å²) < 4.78 is 13.5. The lowest BCUT2D eigenvalue weighted by Crippen LogP contribution is -2.38. The van der Waals surface area contributed by atoms with Crippen LogP contribution in [-0.2, 0) is 0 Å². The lowest BCUT2D eigenvalue weighted by molar-refractivity contribution is 0.160. The Kier molecular flexibility index (Phi) is 5.38. The Hall–Kier alpha value is -0.970. The van der Waals surface area contributed by atoms with Crippen LogP contribution in [0.3, 0.4) is 0 Å². The van der Waals surface area contributed by atoms with Gasteiger partial charge in [0.1, 0.15) is 5.82 Å². The second-order valence-electron chi connectivity index (χ2n) is 3.71. The van der Waals surface area contributed by atoms with Gasteiger partial charge in [0, 0.05) is 11.6 Å². The Morgan fingerprint density at radius 1 is 1.25 bits per heavy atom. The number of hydrogen-bond acceptors (Lipinski definition) is 3. The van der Waals surface area contributed by atoms with Crippen LogP contribution in [0.4, 0.5) is 4.39 Å². The van der Waals surface area contributed by atoms with E-state index in [0.717, 1.165) is 0 Å². The van der Waals surface area contributed by atoms with E-state index in [1.165, 1.54) is 6.07 Å². The van der Waals surface area contributed by atoms with Gasteiger partial charge in [-0.25, -0.2) is 4.39 Å². The van der Waals surface area contributed by atoms with E-state index in [2.05, 4.69) is 5.32 Å². The van der Waals surface area contributed by atoms with Crippen molar-refractivity contribution in [1.82, 2.24) is 5.32 Å². The Bertz CT molecular complexity index is 316. The first-order valence-electron chi connectivity index (χ1n) is 5.45. The molecule has 1 rings (SSSR count). The summed E-state index contributed by atoms with van der Waals surface area (Å²) >= 11 is 0. The van der Waals surface area contributed by atoms with Gasteiger partial charge in [0.25, 0.3) is 0 Å². The molecule has 0 amide bonds. The van der Waals surface area contributed by atoms with Gasteiger partial charge in [-0.3, -0.25) is 0 Å². The van der Waals surface area contributed by atoms with E-state index in [9.17, 15) is 4.39 Å². The third-order valence-corrected chi connectivity index (χ3v) is 2.57.